The molecule has 7 atom stereocenters. The summed E-state index contributed by atoms with van der Waals surface area (Å²) in [6, 6.07) is 0.302. The lowest BCUT2D eigenvalue weighted by molar-refractivity contribution is -0.671. The molecule has 0 radical (unpaired) electrons. The van der Waals surface area contributed by atoms with E-state index >= 15 is 0 Å². The molecule has 1 saturated carbocycles. The summed E-state index contributed by atoms with van der Waals surface area (Å²) in [6.07, 6.45) is 18.4. The fourth-order valence-electron chi connectivity index (χ4n) is 11.1. The van der Waals surface area contributed by atoms with E-state index in [1.165, 1.54) is 0 Å². The zero-order valence-corrected chi connectivity index (χ0v) is 37.8. The normalized spacial score (nSPS) is 27.4. The Labute approximate surface area is 334 Å². The van der Waals surface area contributed by atoms with Crippen LogP contribution in [0.4, 0.5) is 0 Å². The number of rotatable bonds is 18. The first-order valence-electron chi connectivity index (χ1n) is 21.1. The number of likely N-dealkylation sites (tertiary alicyclic amines) is 1. The topological polar surface area (TPSA) is 138 Å². The van der Waals surface area contributed by atoms with Gasteiger partial charge in [-0.15, -0.1) is 0 Å². The molecule has 10 nitrogen and oxygen atoms in total. The highest BCUT2D eigenvalue weighted by Crippen LogP contribution is 2.81. The van der Waals surface area contributed by atoms with Gasteiger partial charge in [-0.2, -0.15) is 0 Å². The van der Waals surface area contributed by atoms with Crippen molar-refractivity contribution in [2.75, 3.05) is 6.54 Å². The van der Waals surface area contributed by atoms with Gasteiger partial charge in [0.1, 0.15) is 30.8 Å². The minimum Gasteiger partial charge on any atom is -0.353 e. The van der Waals surface area contributed by atoms with E-state index in [9.17, 15) is 4.79 Å². The van der Waals surface area contributed by atoms with Crippen molar-refractivity contribution in [3.63, 3.8) is 0 Å². The second-order valence-electron chi connectivity index (χ2n) is 23.2. The molecule has 2 aromatic heterocycles. The lowest BCUT2D eigenvalue weighted by Gasteiger charge is -2.54. The Kier molecular flexibility index (Phi) is 11.1. The third kappa shape index (κ3) is 7.97. The number of epoxide rings is 1. The summed E-state index contributed by atoms with van der Waals surface area (Å²) in [7, 11) is 2.07. The van der Waals surface area contributed by atoms with Gasteiger partial charge in [-0.05, 0) is 98.7 Å². The van der Waals surface area contributed by atoms with Crippen LogP contribution in [0.2, 0.25) is 0 Å². The number of nitrogens with zero attached hydrogens (tertiary/aromatic N) is 5. The molecule has 1 amide bonds. The van der Waals surface area contributed by atoms with Gasteiger partial charge in [0.05, 0.1) is 18.9 Å². The Bertz CT molecular complexity index is 1660. The van der Waals surface area contributed by atoms with Crippen molar-refractivity contribution in [1.29, 1.82) is 0 Å². The molecule has 1 aliphatic carbocycles. The number of hydrogen-bond donors (Lipinski definition) is 3. The van der Waals surface area contributed by atoms with Crippen LogP contribution in [0.1, 0.15) is 161 Å². The van der Waals surface area contributed by atoms with E-state index in [2.05, 4.69) is 159 Å². The summed E-state index contributed by atoms with van der Waals surface area (Å²) >= 11 is 0. The smallest absolute Gasteiger partial charge is 0.243 e. The molecule has 2 saturated heterocycles. The fourth-order valence-corrected chi connectivity index (χ4v) is 11.1. The first-order valence-corrected chi connectivity index (χ1v) is 21.1. The maximum atomic E-state index is 13.3. The first kappa shape index (κ1) is 43.8. The van der Waals surface area contributed by atoms with Gasteiger partial charge in [-0.1, -0.05) is 76.2 Å². The number of aryl methyl sites for hydroxylation is 1. The third-order valence-corrected chi connectivity index (χ3v) is 16.6. The van der Waals surface area contributed by atoms with Gasteiger partial charge in [0.15, 0.2) is 0 Å². The SMILES string of the molecule is C[n+]1ccn(C(CC(C)(C)C(C)(C)C(CC(C)(C)C2(C)CC2(CC(C)(C)C(C)(C)C(CC(C)(C)N)N2CCCC2=O)C2OC2N)n2ccnc2)C(C)(C)N)c1. The molecule has 2 aromatic rings. The van der Waals surface area contributed by atoms with Crippen molar-refractivity contribution in [2.24, 2.45) is 62.2 Å². The van der Waals surface area contributed by atoms with E-state index in [1.54, 1.807) is 0 Å². The van der Waals surface area contributed by atoms with Crippen LogP contribution in [0.5, 0.6) is 0 Å². The number of carbonyl (C=O) groups is 1. The largest absolute Gasteiger partial charge is 0.353 e. The Morgan fingerprint density at radius 1 is 0.873 bits per heavy atom. The van der Waals surface area contributed by atoms with Crippen LogP contribution in [0.15, 0.2) is 37.4 Å². The second-order valence-corrected chi connectivity index (χ2v) is 23.2. The second kappa shape index (κ2) is 13.9. The summed E-state index contributed by atoms with van der Waals surface area (Å²) in [5.41, 5.74) is 18.7. The Hall–Kier alpha value is -2.27. The van der Waals surface area contributed by atoms with E-state index in [0.29, 0.717) is 6.42 Å². The molecule has 0 bridgehead atoms. The molecule has 5 rings (SSSR count). The highest BCUT2D eigenvalue weighted by atomic mass is 16.6. The minimum absolute atomic E-state index is 0.0104. The van der Waals surface area contributed by atoms with Gasteiger partial charge >= 0.3 is 0 Å². The van der Waals surface area contributed by atoms with Gasteiger partial charge in [-0.25, -0.2) is 14.1 Å². The Morgan fingerprint density at radius 3 is 1.93 bits per heavy atom. The predicted molar refractivity (Wildman–Crippen MR) is 223 cm³/mol. The van der Waals surface area contributed by atoms with E-state index in [4.69, 9.17) is 21.9 Å². The molecule has 55 heavy (non-hydrogen) atoms. The molecule has 6 N–H and O–H groups in total. The van der Waals surface area contributed by atoms with Crippen LogP contribution in [0.3, 0.4) is 0 Å². The maximum Gasteiger partial charge on any atom is 0.243 e. The molecule has 7 unspecified atom stereocenters. The maximum absolute atomic E-state index is 13.3. The summed E-state index contributed by atoms with van der Waals surface area (Å²) in [5, 5.41) is 0. The van der Waals surface area contributed by atoms with Crippen molar-refractivity contribution < 1.29 is 14.1 Å². The monoisotopic (exact) mass is 766 g/mol. The van der Waals surface area contributed by atoms with Gasteiger partial charge < -0.3 is 31.4 Å². The minimum atomic E-state index is -0.422. The summed E-state index contributed by atoms with van der Waals surface area (Å²) in [4.78, 5) is 20.1. The predicted octanol–water partition coefficient (Wildman–Crippen LogP) is 7.53. The zero-order chi connectivity index (χ0) is 41.6. The fraction of sp³-hybridized carbons (Fsp3) is 0.844. The van der Waals surface area contributed by atoms with E-state index in [1.807, 2.05) is 12.5 Å². The van der Waals surface area contributed by atoms with Crippen LogP contribution in [0.25, 0.3) is 0 Å². The lowest BCUT2D eigenvalue weighted by atomic mass is 9.54. The summed E-state index contributed by atoms with van der Waals surface area (Å²) in [6.45, 7) is 36.2. The van der Waals surface area contributed by atoms with Crippen molar-refractivity contribution >= 4 is 5.91 Å². The molecule has 10 heteroatoms. The molecule has 3 fully saturated rings. The average Bonchev–Trinajstić information content (AvgIpc) is 3.53. The van der Waals surface area contributed by atoms with E-state index in [0.717, 1.165) is 45.1 Å². The standard InChI is InChI=1S/C45H81N8O2/c1-37(2,25-33(43(13,14)48)52-23-22-50(16)30-52)41(9,10)31(51-21-19-49-29-51)24-38(3,4)44(15)28-45(44,35-36(46)55-35)27-39(5,6)42(11,12)32(26-40(7,8)47)53-20-17-18-34(53)54/h19,21-23,29-33,35-36H,17-18,20,24-28,46-48H2,1-16H3/q+1. The van der Waals surface area contributed by atoms with E-state index < -0.39 is 11.1 Å². The number of hydrogen-bond acceptors (Lipinski definition) is 6. The highest BCUT2D eigenvalue weighted by molar-refractivity contribution is 5.78. The molecule has 312 valence electrons. The molecule has 0 spiro atoms. The van der Waals surface area contributed by atoms with Crippen molar-refractivity contribution in [2.45, 2.75) is 190 Å². The van der Waals surface area contributed by atoms with Gasteiger partial charge in [0.25, 0.3) is 0 Å². The zero-order valence-electron chi connectivity index (χ0n) is 37.8. The van der Waals surface area contributed by atoms with Gasteiger partial charge in [0, 0.05) is 48.4 Å². The summed E-state index contributed by atoms with van der Waals surface area (Å²) in [5.74, 6) is 0.262. The van der Waals surface area contributed by atoms with Crippen molar-refractivity contribution in [3.8, 4) is 0 Å². The molecule has 0 aromatic carbocycles. The first-order chi connectivity index (χ1) is 24.8. The quantitative estimate of drug-likeness (QED) is 0.106. The highest BCUT2D eigenvalue weighted by Gasteiger charge is 2.78. The number of ether oxygens (including phenoxy) is 1. The molecular weight excluding hydrogens is 685 g/mol. The molecular formula is C45H81N8O2+. The molecule has 3 aliphatic rings. The van der Waals surface area contributed by atoms with Crippen LogP contribution in [-0.2, 0) is 16.6 Å². The lowest BCUT2D eigenvalue weighted by Crippen LogP contribution is -2.56. The number of imidazole rings is 2. The van der Waals surface area contributed by atoms with Gasteiger partial charge in [0.2, 0.25) is 12.2 Å². The van der Waals surface area contributed by atoms with E-state index in [-0.39, 0.29) is 74.3 Å². The number of aromatic nitrogens is 4. The van der Waals surface area contributed by atoms with Crippen LogP contribution < -0.4 is 21.8 Å². The molecule has 4 heterocycles. The summed E-state index contributed by atoms with van der Waals surface area (Å²) < 4.78 is 13.1. The Morgan fingerprint density at radius 2 is 1.47 bits per heavy atom. The number of carbonyl (C=O) groups excluding carboxylic acids is 1. The van der Waals surface area contributed by atoms with Crippen molar-refractivity contribution in [1.82, 2.24) is 19.0 Å². The Balaban J connectivity index is 1.49. The van der Waals surface area contributed by atoms with Crippen molar-refractivity contribution in [3.05, 3.63) is 37.4 Å². The third-order valence-electron chi connectivity index (χ3n) is 16.6. The van der Waals surface area contributed by atoms with Crippen LogP contribution in [-0.4, -0.2) is 60.9 Å². The van der Waals surface area contributed by atoms with Crippen LogP contribution >= 0.6 is 0 Å². The van der Waals surface area contributed by atoms with Gasteiger partial charge in [-0.3, -0.25) is 4.79 Å². The van der Waals surface area contributed by atoms with Crippen LogP contribution in [0, 0.1) is 37.9 Å². The number of amides is 1. The molecule has 2 aliphatic heterocycles. The number of nitrogens with two attached hydrogens (primary N) is 3. The average molecular weight is 766 g/mol.